The zero-order chi connectivity index (χ0) is 6.62. The molecule has 6 heteroatoms. The molecular formula is C2H7NO3S2. The van der Waals surface area contributed by atoms with E-state index in [9.17, 15) is 8.42 Å². The number of hydrogen-bond acceptors (Lipinski definition) is 4. The number of rotatable bonds is 3. The maximum atomic E-state index is 9.88. The topological polar surface area (TPSA) is 80.4 Å². The highest BCUT2D eigenvalue weighted by Gasteiger charge is 2.00. The second-order valence-corrected chi connectivity index (χ2v) is 3.47. The summed E-state index contributed by atoms with van der Waals surface area (Å²) in [6.07, 6.45) is 0. The summed E-state index contributed by atoms with van der Waals surface area (Å²) in [5.41, 5.74) is 0. The van der Waals surface area contributed by atoms with Crippen LogP contribution in [0.2, 0.25) is 0 Å². The Labute approximate surface area is 52.3 Å². The molecule has 0 aliphatic carbocycles. The van der Waals surface area contributed by atoms with E-state index >= 15 is 0 Å². The summed E-state index contributed by atoms with van der Waals surface area (Å²) in [5.74, 6) is -0.0347. The van der Waals surface area contributed by atoms with Crippen molar-refractivity contribution in [3.63, 3.8) is 0 Å². The van der Waals surface area contributed by atoms with Gasteiger partial charge in [0.1, 0.15) is 0 Å². The van der Waals surface area contributed by atoms with Crippen LogP contribution >= 0.6 is 11.9 Å². The van der Waals surface area contributed by atoms with E-state index < -0.39 is 10.1 Å². The van der Waals surface area contributed by atoms with Gasteiger partial charge >= 0.3 is 0 Å². The highest BCUT2D eigenvalue weighted by Crippen LogP contribution is 1.88. The lowest BCUT2D eigenvalue weighted by Crippen LogP contribution is -2.06. The van der Waals surface area contributed by atoms with Gasteiger partial charge < -0.3 is 0 Å². The lowest BCUT2D eigenvalue weighted by atomic mass is 11.0. The van der Waals surface area contributed by atoms with Crippen LogP contribution in [0.25, 0.3) is 0 Å². The maximum Gasteiger partial charge on any atom is 0.265 e. The fourth-order valence-corrected chi connectivity index (χ4v) is 1.38. The van der Waals surface area contributed by atoms with Crippen LogP contribution in [0, 0.1) is 0 Å². The summed E-state index contributed by atoms with van der Waals surface area (Å²) in [5, 5.41) is 4.88. The Bertz CT molecular complexity index is 139. The molecule has 3 N–H and O–H groups in total. The zero-order valence-electron chi connectivity index (χ0n) is 4.07. The number of nitrogens with two attached hydrogens (primary N) is 1. The summed E-state index contributed by atoms with van der Waals surface area (Å²) >= 11 is 0.889. The third kappa shape index (κ3) is 6.22. The molecule has 0 aromatic heterocycles. The molecule has 0 aliphatic heterocycles. The smallest absolute Gasteiger partial charge is 0.265 e. The maximum absolute atomic E-state index is 9.88. The molecule has 0 spiro atoms. The molecule has 0 aromatic rings. The summed E-state index contributed by atoms with van der Waals surface area (Å²) in [4.78, 5) is 0. The van der Waals surface area contributed by atoms with E-state index in [2.05, 4.69) is 0 Å². The van der Waals surface area contributed by atoms with Gasteiger partial charge in [-0.1, -0.05) is 11.9 Å². The zero-order valence-corrected chi connectivity index (χ0v) is 5.70. The fourth-order valence-electron chi connectivity index (χ4n) is 0.153. The molecule has 4 nitrogen and oxygen atoms in total. The monoisotopic (exact) mass is 157 g/mol. The van der Waals surface area contributed by atoms with E-state index in [1.54, 1.807) is 0 Å². The van der Waals surface area contributed by atoms with Gasteiger partial charge in [0.05, 0.1) is 5.75 Å². The normalized spacial score (nSPS) is 11.8. The molecule has 0 fully saturated rings. The largest absolute Gasteiger partial charge is 0.286 e. The van der Waals surface area contributed by atoms with E-state index in [4.69, 9.17) is 9.69 Å². The second kappa shape index (κ2) is 3.29. The molecule has 0 saturated carbocycles. The summed E-state index contributed by atoms with van der Waals surface area (Å²) < 4.78 is 27.8. The standard InChI is InChI=1S/C2H7NO3S2/c3-7-1-2-8(4,5)6/h1-3H2,(H,4,5,6). The van der Waals surface area contributed by atoms with Crippen molar-refractivity contribution in [1.82, 2.24) is 0 Å². The van der Waals surface area contributed by atoms with Crippen molar-refractivity contribution in [3.8, 4) is 0 Å². The van der Waals surface area contributed by atoms with Gasteiger partial charge in [-0.05, 0) is 0 Å². The Morgan fingerprint density at radius 2 is 2.12 bits per heavy atom. The molecule has 0 aromatic carbocycles. The Balaban J connectivity index is 3.42. The van der Waals surface area contributed by atoms with E-state index in [1.807, 2.05) is 0 Å². The van der Waals surface area contributed by atoms with Crippen LogP contribution in [0.5, 0.6) is 0 Å². The highest BCUT2D eigenvalue weighted by molar-refractivity contribution is 7.98. The van der Waals surface area contributed by atoms with Crippen LogP contribution < -0.4 is 5.14 Å². The van der Waals surface area contributed by atoms with Gasteiger partial charge in [0.15, 0.2) is 0 Å². The summed E-state index contributed by atoms with van der Waals surface area (Å²) in [7, 11) is -3.79. The Hall–Kier alpha value is 0.220. The molecule has 0 heterocycles. The summed E-state index contributed by atoms with van der Waals surface area (Å²) in [6, 6.07) is 0. The molecule has 0 atom stereocenters. The average molecular weight is 157 g/mol. The highest BCUT2D eigenvalue weighted by atomic mass is 32.2. The van der Waals surface area contributed by atoms with Crippen molar-refractivity contribution < 1.29 is 13.0 Å². The lowest BCUT2D eigenvalue weighted by molar-refractivity contribution is 0.485. The Kier molecular flexibility index (Phi) is 3.38. The van der Waals surface area contributed by atoms with Crippen molar-refractivity contribution >= 4 is 22.1 Å². The first-order valence-corrected chi connectivity index (χ1v) is 4.49. The molecule has 0 unspecified atom stereocenters. The van der Waals surface area contributed by atoms with Gasteiger partial charge in [-0.25, -0.2) is 0 Å². The van der Waals surface area contributed by atoms with Crippen molar-refractivity contribution in [1.29, 1.82) is 0 Å². The van der Waals surface area contributed by atoms with E-state index in [1.165, 1.54) is 0 Å². The van der Waals surface area contributed by atoms with Crippen LogP contribution in [0.4, 0.5) is 0 Å². The van der Waals surface area contributed by atoms with E-state index in [0.717, 1.165) is 11.9 Å². The van der Waals surface area contributed by atoms with Crippen LogP contribution in [0.3, 0.4) is 0 Å². The minimum absolute atomic E-state index is 0.235. The molecule has 50 valence electrons. The van der Waals surface area contributed by atoms with E-state index in [-0.39, 0.29) is 11.5 Å². The third-order valence-corrected chi connectivity index (χ3v) is 1.88. The predicted octanol–water partition coefficient (Wildman–Crippen LogP) is -0.519. The predicted molar refractivity (Wildman–Crippen MR) is 33.1 cm³/mol. The SMILES string of the molecule is NSCCS(=O)(=O)O. The first-order chi connectivity index (χ1) is 3.56. The molecule has 0 amide bonds. The van der Waals surface area contributed by atoms with Crippen LogP contribution in [0.15, 0.2) is 0 Å². The third-order valence-electron chi connectivity index (χ3n) is 0.459. The minimum atomic E-state index is -3.79. The van der Waals surface area contributed by atoms with Gasteiger partial charge in [0, 0.05) is 5.75 Å². The lowest BCUT2D eigenvalue weighted by Gasteiger charge is -1.89. The molecule has 0 saturated heterocycles. The molecule has 0 bridgehead atoms. The molecular weight excluding hydrogens is 150 g/mol. The second-order valence-electron chi connectivity index (χ2n) is 1.16. The molecule has 0 radical (unpaired) electrons. The Morgan fingerprint density at radius 1 is 1.62 bits per heavy atom. The van der Waals surface area contributed by atoms with E-state index in [0.29, 0.717) is 0 Å². The van der Waals surface area contributed by atoms with Gasteiger partial charge in [-0.2, -0.15) is 8.42 Å². The summed E-state index contributed by atoms with van der Waals surface area (Å²) in [6.45, 7) is 0. The van der Waals surface area contributed by atoms with Gasteiger partial charge in [0.2, 0.25) is 0 Å². The van der Waals surface area contributed by atoms with Crippen molar-refractivity contribution in [2.45, 2.75) is 0 Å². The van der Waals surface area contributed by atoms with Gasteiger partial charge in [0.25, 0.3) is 10.1 Å². The van der Waals surface area contributed by atoms with Crippen molar-refractivity contribution in [2.75, 3.05) is 11.5 Å². The van der Waals surface area contributed by atoms with Gasteiger partial charge in [-0.3, -0.25) is 9.69 Å². The van der Waals surface area contributed by atoms with Gasteiger partial charge in [-0.15, -0.1) is 0 Å². The van der Waals surface area contributed by atoms with Crippen LogP contribution in [-0.4, -0.2) is 24.5 Å². The number of hydrogen-bond donors (Lipinski definition) is 2. The van der Waals surface area contributed by atoms with Crippen LogP contribution in [-0.2, 0) is 10.1 Å². The van der Waals surface area contributed by atoms with Crippen LogP contribution in [0.1, 0.15) is 0 Å². The molecule has 0 rings (SSSR count). The first-order valence-electron chi connectivity index (χ1n) is 1.83. The minimum Gasteiger partial charge on any atom is -0.286 e. The van der Waals surface area contributed by atoms with Crippen molar-refractivity contribution in [3.05, 3.63) is 0 Å². The van der Waals surface area contributed by atoms with Crippen molar-refractivity contribution in [2.24, 2.45) is 5.14 Å². The fraction of sp³-hybridized carbons (Fsp3) is 1.00. The molecule has 0 aliphatic rings. The average Bonchev–Trinajstić information content (AvgIpc) is 1.59. The Morgan fingerprint density at radius 3 is 2.25 bits per heavy atom. The quantitative estimate of drug-likeness (QED) is 0.425. The molecule has 8 heavy (non-hydrogen) atoms. The first kappa shape index (κ1) is 8.22.